The molecule has 2 unspecified atom stereocenters. The number of aldehydes is 1. The molecule has 43 heavy (non-hydrogen) atoms. The molecule has 9 heteroatoms. The lowest BCUT2D eigenvalue weighted by Gasteiger charge is -2.15. The topological polar surface area (TPSA) is 106 Å². The van der Waals surface area contributed by atoms with Crippen molar-refractivity contribution in [1.82, 2.24) is 4.98 Å². The molecule has 0 radical (unpaired) electrons. The monoisotopic (exact) mass is 601 g/mol. The second kappa shape index (κ2) is 23.4. The highest BCUT2D eigenvalue weighted by molar-refractivity contribution is 5.78. The molecule has 3 rings (SSSR count). The molecule has 0 aliphatic rings. The molecule has 9 nitrogen and oxygen atoms in total. The van der Waals surface area contributed by atoms with E-state index in [9.17, 15) is 9.59 Å². The molecular formula is C34H51NO8. The Hall–Kier alpha value is -3.11. The minimum absolute atomic E-state index is 0.224. The van der Waals surface area contributed by atoms with Gasteiger partial charge in [0.25, 0.3) is 0 Å². The third kappa shape index (κ3) is 15.8. The van der Waals surface area contributed by atoms with E-state index in [0.29, 0.717) is 81.7 Å². The zero-order valence-corrected chi connectivity index (χ0v) is 27.0. The van der Waals surface area contributed by atoms with E-state index in [4.69, 9.17) is 28.1 Å². The van der Waals surface area contributed by atoms with Crippen LogP contribution in [-0.4, -0.2) is 71.2 Å². The number of pyridine rings is 1. The lowest BCUT2D eigenvalue weighted by atomic mass is 9.89. The van der Waals surface area contributed by atoms with Crippen molar-refractivity contribution < 1.29 is 32.9 Å². The first-order chi connectivity index (χ1) is 20.8. The summed E-state index contributed by atoms with van der Waals surface area (Å²) in [5.41, 5.74) is 1.15. The molecule has 2 aromatic heterocycles. The van der Waals surface area contributed by atoms with E-state index in [1.165, 1.54) is 0 Å². The Labute approximate surface area is 256 Å². The van der Waals surface area contributed by atoms with Gasteiger partial charge >= 0.3 is 5.63 Å². The highest BCUT2D eigenvalue weighted by Gasteiger charge is 2.12. The predicted molar refractivity (Wildman–Crippen MR) is 171 cm³/mol. The molecule has 0 aliphatic heterocycles. The van der Waals surface area contributed by atoms with Gasteiger partial charge in [0, 0.05) is 24.6 Å². The molecule has 0 spiro atoms. The Morgan fingerprint density at radius 2 is 1.42 bits per heavy atom. The van der Waals surface area contributed by atoms with Crippen LogP contribution in [0, 0.1) is 17.8 Å². The number of rotatable bonds is 18. The van der Waals surface area contributed by atoms with Crippen LogP contribution >= 0.6 is 0 Å². The van der Waals surface area contributed by atoms with E-state index < -0.39 is 5.63 Å². The first kappa shape index (κ1) is 37.9. The molecule has 3 aromatic rings. The van der Waals surface area contributed by atoms with Gasteiger partial charge in [0.05, 0.1) is 51.8 Å². The number of carbonyl (C=O) groups excluding carboxylic acids is 1. The normalized spacial score (nSPS) is 12.1. The molecule has 2 heterocycles. The maximum absolute atomic E-state index is 12.2. The number of methoxy groups -OCH3 is 1. The van der Waals surface area contributed by atoms with Crippen molar-refractivity contribution in [2.45, 2.75) is 48.0 Å². The smallest absolute Gasteiger partial charge is 0.345 e. The third-order valence-electron chi connectivity index (χ3n) is 6.30. The second-order valence-electron chi connectivity index (χ2n) is 10.2. The molecular weight excluding hydrogens is 550 g/mol. The van der Waals surface area contributed by atoms with Crippen molar-refractivity contribution in [2.24, 2.45) is 17.8 Å². The van der Waals surface area contributed by atoms with Crippen molar-refractivity contribution in [3.63, 3.8) is 0 Å². The Morgan fingerprint density at radius 3 is 1.98 bits per heavy atom. The number of hydrogen-bond donors (Lipinski definition) is 0. The highest BCUT2D eigenvalue weighted by atomic mass is 16.6. The number of hydrogen-bond acceptors (Lipinski definition) is 9. The van der Waals surface area contributed by atoms with Crippen LogP contribution < -0.4 is 10.4 Å². The fourth-order valence-electron chi connectivity index (χ4n) is 3.88. The van der Waals surface area contributed by atoms with Crippen LogP contribution in [0.15, 0.2) is 57.9 Å². The minimum atomic E-state index is -0.419. The van der Waals surface area contributed by atoms with E-state index in [1.54, 1.807) is 25.4 Å². The molecule has 0 saturated carbocycles. The Morgan fingerprint density at radius 1 is 0.837 bits per heavy atom. The molecule has 2 atom stereocenters. The van der Waals surface area contributed by atoms with Crippen LogP contribution in [0.5, 0.6) is 5.75 Å². The SMILES string of the molecule is CC.CC(C)CC(C)C(C)C=O.COCCOCCOCCOCCOc1ccc(-c2cc3cccnc3oc2=O)cc1. The molecule has 0 saturated heterocycles. The van der Waals surface area contributed by atoms with Crippen LogP contribution in [0.4, 0.5) is 0 Å². The van der Waals surface area contributed by atoms with Crippen molar-refractivity contribution in [3.8, 4) is 16.9 Å². The fourth-order valence-corrected chi connectivity index (χ4v) is 3.88. The lowest BCUT2D eigenvalue weighted by Crippen LogP contribution is -2.13. The summed E-state index contributed by atoms with van der Waals surface area (Å²) < 4.78 is 32.0. The molecule has 0 fully saturated rings. The van der Waals surface area contributed by atoms with E-state index in [0.717, 1.165) is 23.7 Å². The molecule has 0 amide bonds. The maximum Gasteiger partial charge on any atom is 0.345 e. The van der Waals surface area contributed by atoms with Gasteiger partial charge in [-0.15, -0.1) is 0 Å². The Bertz CT molecular complexity index is 1180. The quantitative estimate of drug-likeness (QED) is 0.120. The number of aromatic nitrogens is 1. The van der Waals surface area contributed by atoms with E-state index in [1.807, 2.05) is 51.1 Å². The highest BCUT2D eigenvalue weighted by Crippen LogP contribution is 2.22. The van der Waals surface area contributed by atoms with Gasteiger partial charge in [0.2, 0.25) is 5.71 Å². The van der Waals surface area contributed by atoms with Gasteiger partial charge in [0.15, 0.2) is 0 Å². The van der Waals surface area contributed by atoms with Gasteiger partial charge in [-0.3, -0.25) is 0 Å². The average Bonchev–Trinajstić information content (AvgIpc) is 3.02. The van der Waals surface area contributed by atoms with E-state index in [-0.39, 0.29) is 5.92 Å². The Kier molecular flexibility index (Phi) is 20.6. The number of carbonyl (C=O) groups is 1. The summed E-state index contributed by atoms with van der Waals surface area (Å²) in [5.74, 6) is 2.17. The molecule has 0 aliphatic carbocycles. The minimum Gasteiger partial charge on any atom is -0.491 e. The summed E-state index contributed by atoms with van der Waals surface area (Å²) in [6, 6.07) is 12.7. The van der Waals surface area contributed by atoms with Crippen LogP contribution in [0.25, 0.3) is 22.2 Å². The molecule has 1 aromatic carbocycles. The Balaban J connectivity index is 0.000000655. The summed E-state index contributed by atoms with van der Waals surface area (Å²) in [6.07, 6.45) is 3.79. The first-order valence-electron chi connectivity index (χ1n) is 15.1. The summed E-state index contributed by atoms with van der Waals surface area (Å²) in [7, 11) is 1.64. The summed E-state index contributed by atoms with van der Waals surface area (Å²) in [5, 5.41) is 0.775. The number of fused-ring (bicyclic) bond motifs is 1. The zero-order chi connectivity index (χ0) is 31.9. The van der Waals surface area contributed by atoms with Gasteiger partial charge in [0.1, 0.15) is 18.6 Å². The zero-order valence-electron chi connectivity index (χ0n) is 27.0. The van der Waals surface area contributed by atoms with Gasteiger partial charge in [-0.1, -0.05) is 53.7 Å². The number of nitrogens with zero attached hydrogens (tertiary/aromatic N) is 1. The summed E-state index contributed by atoms with van der Waals surface area (Å²) in [4.78, 5) is 26.6. The van der Waals surface area contributed by atoms with Gasteiger partial charge in [-0.25, -0.2) is 9.78 Å². The number of ether oxygens (including phenoxy) is 5. The van der Waals surface area contributed by atoms with Crippen molar-refractivity contribution in [2.75, 3.05) is 60.0 Å². The standard InChI is InChI=1S/C23H27NO7.C9H18O.C2H6/c1-26-9-10-27-11-12-28-13-14-29-15-16-30-20-6-4-18(5-7-20)21-17-19-3-2-8-24-22(19)31-23(21)25;1-7(2)5-8(3)9(4)6-10;1-2/h2-8,17H,9-16H2,1H3;6-9H,5H2,1-4H3;1-2H3. The van der Waals surface area contributed by atoms with Crippen LogP contribution in [0.3, 0.4) is 0 Å². The van der Waals surface area contributed by atoms with E-state index in [2.05, 4.69) is 25.8 Å². The largest absolute Gasteiger partial charge is 0.491 e. The van der Waals surface area contributed by atoms with Crippen molar-refractivity contribution in [3.05, 3.63) is 59.1 Å². The maximum atomic E-state index is 12.2. The lowest BCUT2D eigenvalue weighted by molar-refractivity contribution is -0.111. The average molecular weight is 602 g/mol. The third-order valence-corrected chi connectivity index (χ3v) is 6.30. The van der Waals surface area contributed by atoms with Gasteiger partial charge in [-0.05, 0) is 54.2 Å². The van der Waals surface area contributed by atoms with Crippen molar-refractivity contribution in [1.29, 1.82) is 0 Å². The van der Waals surface area contributed by atoms with Gasteiger partial charge in [-0.2, -0.15) is 0 Å². The number of benzene rings is 1. The van der Waals surface area contributed by atoms with E-state index >= 15 is 0 Å². The van der Waals surface area contributed by atoms with Crippen molar-refractivity contribution >= 4 is 17.4 Å². The second-order valence-corrected chi connectivity index (χ2v) is 10.2. The van der Waals surface area contributed by atoms with Crippen LogP contribution in [-0.2, 0) is 23.7 Å². The molecule has 0 bridgehead atoms. The molecule has 240 valence electrons. The first-order valence-corrected chi connectivity index (χ1v) is 15.1. The summed E-state index contributed by atoms with van der Waals surface area (Å²) >= 11 is 0. The van der Waals surface area contributed by atoms with Crippen LogP contribution in [0.2, 0.25) is 0 Å². The molecule has 0 N–H and O–H groups in total. The predicted octanol–water partition coefficient (Wildman–Crippen LogP) is 6.46. The summed E-state index contributed by atoms with van der Waals surface area (Å²) in [6.45, 7) is 16.6. The van der Waals surface area contributed by atoms with Crippen LogP contribution in [0.1, 0.15) is 48.0 Å². The fraction of sp³-hybridized carbons (Fsp3) is 0.559. The van der Waals surface area contributed by atoms with Gasteiger partial charge < -0.3 is 32.9 Å².